The topological polar surface area (TPSA) is 58.4 Å². The monoisotopic (exact) mass is 510 g/mol. The zero-order valence-electron chi connectivity index (χ0n) is 24.9. The van der Waals surface area contributed by atoms with Crippen molar-refractivity contribution in [2.45, 2.75) is 174 Å². The molecule has 0 aliphatic rings. The van der Waals surface area contributed by atoms with Crippen molar-refractivity contribution in [2.24, 2.45) is 5.84 Å². The molecule has 0 amide bonds. The molecule has 3 N–H and O–H groups in total. The second-order valence-corrected chi connectivity index (χ2v) is 11.3. The molecule has 4 nitrogen and oxygen atoms in total. The van der Waals surface area contributed by atoms with Crippen molar-refractivity contribution < 1.29 is 4.79 Å². The van der Waals surface area contributed by atoms with Crippen molar-refractivity contribution in [1.29, 1.82) is 0 Å². The summed E-state index contributed by atoms with van der Waals surface area (Å²) in [6, 6.07) is 0. The molecule has 0 saturated heterocycles. The first-order valence-electron chi connectivity index (χ1n) is 16.4. The van der Waals surface area contributed by atoms with Crippen LogP contribution in [0.1, 0.15) is 174 Å². The Hall–Kier alpha value is -0.450. The zero-order valence-corrected chi connectivity index (χ0v) is 24.9. The van der Waals surface area contributed by atoms with Crippen LogP contribution in [0, 0.1) is 0 Å². The molecule has 0 bridgehead atoms. The fourth-order valence-electron chi connectivity index (χ4n) is 5.15. The Balaban J connectivity index is 3.56. The molecule has 0 rings (SSSR count). The smallest absolute Gasteiger partial charge is 0.132 e. The van der Waals surface area contributed by atoms with E-state index in [9.17, 15) is 4.79 Å². The van der Waals surface area contributed by atoms with Gasteiger partial charge in [0.25, 0.3) is 0 Å². The van der Waals surface area contributed by atoms with Crippen LogP contribution >= 0.6 is 0 Å². The molecule has 4 heteroatoms. The van der Waals surface area contributed by atoms with E-state index in [4.69, 9.17) is 5.84 Å². The Morgan fingerprint density at radius 1 is 0.500 bits per heavy atom. The second kappa shape index (κ2) is 30.8. The third-order valence-corrected chi connectivity index (χ3v) is 7.64. The Morgan fingerprint density at radius 3 is 1.22 bits per heavy atom. The fourth-order valence-corrected chi connectivity index (χ4v) is 5.15. The molecular formula is C32H67N3O. The summed E-state index contributed by atoms with van der Waals surface area (Å²) in [5, 5.41) is 0. The van der Waals surface area contributed by atoms with Crippen LogP contribution in [-0.2, 0) is 4.79 Å². The molecule has 0 fully saturated rings. The second-order valence-electron chi connectivity index (χ2n) is 11.3. The molecule has 0 aromatic carbocycles. The first-order chi connectivity index (χ1) is 17.7. The van der Waals surface area contributed by atoms with Crippen molar-refractivity contribution in [2.75, 3.05) is 26.2 Å². The number of ketones is 1. The highest BCUT2D eigenvalue weighted by Crippen LogP contribution is 2.14. The highest BCUT2D eigenvalue weighted by Gasteiger charge is 2.05. The Kier molecular flexibility index (Phi) is 30.4. The van der Waals surface area contributed by atoms with Crippen LogP contribution in [0.4, 0.5) is 0 Å². The number of hydrogen-bond acceptors (Lipinski definition) is 4. The van der Waals surface area contributed by atoms with Crippen molar-refractivity contribution in [3.05, 3.63) is 0 Å². The van der Waals surface area contributed by atoms with Crippen LogP contribution < -0.4 is 11.3 Å². The summed E-state index contributed by atoms with van der Waals surface area (Å²) in [5.41, 5.74) is 2.83. The van der Waals surface area contributed by atoms with Gasteiger partial charge in [-0.1, -0.05) is 136 Å². The van der Waals surface area contributed by atoms with Gasteiger partial charge in [0.1, 0.15) is 5.78 Å². The first-order valence-corrected chi connectivity index (χ1v) is 16.4. The summed E-state index contributed by atoms with van der Waals surface area (Å²) in [6.07, 6.45) is 32.4. The number of carbonyl (C=O) groups is 1. The van der Waals surface area contributed by atoms with Gasteiger partial charge in [-0.3, -0.25) is 16.1 Å². The van der Waals surface area contributed by atoms with Gasteiger partial charge in [0.05, 0.1) is 0 Å². The summed E-state index contributed by atoms with van der Waals surface area (Å²) in [5.74, 6) is 6.02. The number of nitrogens with zero attached hydrogens (tertiary/aromatic N) is 1. The van der Waals surface area contributed by atoms with E-state index in [2.05, 4.69) is 24.2 Å². The van der Waals surface area contributed by atoms with Crippen LogP contribution in [-0.4, -0.2) is 36.9 Å². The number of nitrogens with two attached hydrogens (primary N) is 1. The quantitative estimate of drug-likeness (QED) is 0.0555. The minimum atomic E-state index is 0.486. The minimum absolute atomic E-state index is 0.486. The number of rotatable bonds is 31. The zero-order chi connectivity index (χ0) is 26.4. The van der Waals surface area contributed by atoms with E-state index < -0.39 is 0 Å². The molecular weight excluding hydrogens is 442 g/mol. The van der Waals surface area contributed by atoms with E-state index in [1.54, 1.807) is 0 Å². The van der Waals surface area contributed by atoms with Crippen molar-refractivity contribution in [1.82, 2.24) is 10.3 Å². The minimum Gasteiger partial charge on any atom is -0.302 e. The predicted molar refractivity (Wildman–Crippen MR) is 160 cm³/mol. The molecule has 216 valence electrons. The average Bonchev–Trinajstić information content (AvgIpc) is 2.88. The van der Waals surface area contributed by atoms with Crippen LogP contribution in [0.5, 0.6) is 0 Å². The molecule has 0 aliphatic carbocycles. The van der Waals surface area contributed by atoms with E-state index >= 15 is 0 Å². The fraction of sp³-hybridized carbons (Fsp3) is 0.969. The van der Waals surface area contributed by atoms with Crippen molar-refractivity contribution in [3.63, 3.8) is 0 Å². The molecule has 0 saturated carbocycles. The van der Waals surface area contributed by atoms with Crippen LogP contribution in [0.25, 0.3) is 0 Å². The number of hydrogen-bond donors (Lipinski definition) is 2. The number of nitrogens with one attached hydrogen (secondary N) is 1. The van der Waals surface area contributed by atoms with Crippen molar-refractivity contribution in [3.8, 4) is 0 Å². The Morgan fingerprint density at radius 2 is 0.833 bits per heavy atom. The Labute approximate surface area is 227 Å². The lowest BCUT2D eigenvalue weighted by atomic mass is 10.0. The number of unbranched alkanes of at least 4 members (excludes halogenated alkanes) is 20. The molecule has 0 aromatic heterocycles. The maximum atomic E-state index is 11.9. The van der Waals surface area contributed by atoms with Crippen LogP contribution in [0.2, 0.25) is 0 Å². The predicted octanol–water partition coefficient (Wildman–Crippen LogP) is 9.11. The van der Waals surface area contributed by atoms with Crippen molar-refractivity contribution >= 4 is 5.78 Å². The van der Waals surface area contributed by atoms with Crippen LogP contribution in [0.3, 0.4) is 0 Å². The molecule has 0 spiro atoms. The summed E-state index contributed by atoms with van der Waals surface area (Å²) >= 11 is 0. The van der Waals surface area contributed by atoms with Gasteiger partial charge >= 0.3 is 0 Å². The van der Waals surface area contributed by atoms with Gasteiger partial charge in [0.15, 0.2) is 0 Å². The first kappa shape index (κ1) is 35.5. The summed E-state index contributed by atoms with van der Waals surface area (Å²) in [6.45, 7) is 8.85. The van der Waals surface area contributed by atoms with Gasteiger partial charge in [0, 0.05) is 25.9 Å². The van der Waals surface area contributed by atoms with E-state index in [-0.39, 0.29) is 0 Å². The molecule has 0 aromatic rings. The standard InChI is InChI=1S/C32H67N3O/c1-3-5-7-9-10-11-12-13-14-15-16-17-20-24-29-35(31-28-34-33)30-25-21-18-19-23-27-32(36)26-22-8-6-4-2/h34H,3-31,33H2,1-2H3. The number of hydrazine groups is 1. The normalized spacial score (nSPS) is 11.6. The third kappa shape index (κ3) is 28.1. The molecule has 0 unspecified atom stereocenters. The Bertz CT molecular complexity index is 430. The third-order valence-electron chi connectivity index (χ3n) is 7.64. The summed E-state index contributed by atoms with van der Waals surface area (Å²) in [4.78, 5) is 14.5. The highest BCUT2D eigenvalue weighted by molar-refractivity contribution is 5.78. The lowest BCUT2D eigenvalue weighted by Gasteiger charge is -2.22. The number of carbonyl (C=O) groups excluding carboxylic acids is 1. The van der Waals surface area contributed by atoms with Gasteiger partial charge in [0.2, 0.25) is 0 Å². The van der Waals surface area contributed by atoms with E-state index in [0.717, 1.165) is 38.8 Å². The van der Waals surface area contributed by atoms with Gasteiger partial charge in [-0.2, -0.15) is 0 Å². The van der Waals surface area contributed by atoms with Gasteiger partial charge in [-0.15, -0.1) is 0 Å². The van der Waals surface area contributed by atoms with Gasteiger partial charge in [-0.25, -0.2) is 0 Å². The molecule has 36 heavy (non-hydrogen) atoms. The molecule has 0 aliphatic heterocycles. The molecule has 0 heterocycles. The van der Waals surface area contributed by atoms with E-state index in [0.29, 0.717) is 5.78 Å². The van der Waals surface area contributed by atoms with Gasteiger partial charge < -0.3 is 4.90 Å². The highest BCUT2D eigenvalue weighted by atomic mass is 16.1. The molecule has 0 atom stereocenters. The number of Topliss-reactive ketones (excluding diaryl/α,β-unsaturated/α-hetero) is 1. The summed E-state index contributed by atoms with van der Waals surface area (Å²) in [7, 11) is 0. The van der Waals surface area contributed by atoms with E-state index in [1.165, 1.54) is 148 Å². The SMILES string of the molecule is CCCCCCCCCCCCCCCCN(CCCCCCCC(=O)CCCCCC)CCNN. The molecule has 0 radical (unpaired) electrons. The lowest BCUT2D eigenvalue weighted by Crippen LogP contribution is -2.36. The maximum absolute atomic E-state index is 11.9. The van der Waals surface area contributed by atoms with Gasteiger partial charge in [-0.05, 0) is 38.8 Å². The maximum Gasteiger partial charge on any atom is 0.132 e. The lowest BCUT2D eigenvalue weighted by molar-refractivity contribution is -0.119. The average molecular weight is 510 g/mol. The summed E-state index contributed by atoms with van der Waals surface area (Å²) < 4.78 is 0. The van der Waals surface area contributed by atoms with E-state index in [1.807, 2.05) is 0 Å². The largest absolute Gasteiger partial charge is 0.302 e. The van der Waals surface area contributed by atoms with Crippen LogP contribution in [0.15, 0.2) is 0 Å².